The molecule has 1 aliphatic carbocycles. The second kappa shape index (κ2) is 7.21. The number of amides is 1. The maximum absolute atomic E-state index is 13.0. The van der Waals surface area contributed by atoms with E-state index in [0.717, 1.165) is 22.7 Å². The summed E-state index contributed by atoms with van der Waals surface area (Å²) in [7, 11) is 0. The molecule has 2 aromatic rings. The van der Waals surface area contributed by atoms with Crippen LogP contribution in [0.3, 0.4) is 0 Å². The summed E-state index contributed by atoms with van der Waals surface area (Å²) >= 11 is 1.48. The van der Waals surface area contributed by atoms with Gasteiger partial charge in [-0.3, -0.25) is 4.79 Å². The van der Waals surface area contributed by atoms with Crippen LogP contribution >= 0.6 is 11.3 Å². The van der Waals surface area contributed by atoms with E-state index in [9.17, 15) is 9.18 Å². The molecule has 5 heteroatoms. The first-order chi connectivity index (χ1) is 11.1. The Morgan fingerprint density at radius 3 is 2.78 bits per heavy atom. The molecule has 0 radical (unpaired) electrons. The fourth-order valence-electron chi connectivity index (χ4n) is 3.07. The van der Waals surface area contributed by atoms with Crippen LogP contribution in [0.25, 0.3) is 10.6 Å². The van der Waals surface area contributed by atoms with Gasteiger partial charge in [-0.1, -0.05) is 19.8 Å². The molecule has 1 fully saturated rings. The zero-order chi connectivity index (χ0) is 16.2. The Morgan fingerprint density at radius 2 is 2.04 bits per heavy atom. The van der Waals surface area contributed by atoms with Crippen LogP contribution in [0.4, 0.5) is 4.39 Å². The Labute approximate surface area is 140 Å². The van der Waals surface area contributed by atoms with Crippen molar-refractivity contribution in [1.82, 2.24) is 10.3 Å². The second-order valence-electron chi connectivity index (χ2n) is 6.26. The molecule has 23 heavy (non-hydrogen) atoms. The fourth-order valence-corrected chi connectivity index (χ4v) is 3.89. The average Bonchev–Trinajstić information content (AvgIpc) is 2.98. The third-order valence-electron chi connectivity index (χ3n) is 4.44. The van der Waals surface area contributed by atoms with Crippen molar-refractivity contribution < 1.29 is 9.18 Å². The maximum atomic E-state index is 13.0. The number of nitrogens with one attached hydrogen (secondary N) is 1. The Hall–Kier alpha value is -1.75. The molecule has 2 unspecified atom stereocenters. The lowest BCUT2D eigenvalue weighted by atomic mass is 9.86. The number of carbonyl (C=O) groups is 1. The molecule has 3 nitrogen and oxygen atoms in total. The summed E-state index contributed by atoms with van der Waals surface area (Å²) in [4.78, 5) is 16.7. The zero-order valence-corrected chi connectivity index (χ0v) is 14.0. The van der Waals surface area contributed by atoms with Crippen LogP contribution in [-0.4, -0.2) is 16.9 Å². The number of hydrogen-bond acceptors (Lipinski definition) is 3. The highest BCUT2D eigenvalue weighted by Crippen LogP contribution is 2.25. The highest BCUT2D eigenvalue weighted by atomic mass is 32.1. The van der Waals surface area contributed by atoms with Gasteiger partial charge >= 0.3 is 0 Å². The topological polar surface area (TPSA) is 42.0 Å². The first kappa shape index (κ1) is 16.1. The minimum Gasteiger partial charge on any atom is -0.353 e. The molecule has 3 rings (SSSR count). The summed E-state index contributed by atoms with van der Waals surface area (Å²) in [6.07, 6.45) is 5.03. The monoisotopic (exact) mass is 332 g/mol. The molecule has 0 spiro atoms. The molecule has 2 atom stereocenters. The van der Waals surface area contributed by atoms with Gasteiger partial charge in [-0.2, -0.15) is 0 Å². The molecule has 122 valence electrons. The number of hydrogen-bond donors (Lipinski definition) is 1. The molecule has 0 saturated heterocycles. The minimum absolute atomic E-state index is 0.0414. The highest BCUT2D eigenvalue weighted by Gasteiger charge is 2.23. The van der Waals surface area contributed by atoms with Crippen LogP contribution in [0.15, 0.2) is 29.6 Å². The summed E-state index contributed by atoms with van der Waals surface area (Å²) < 4.78 is 13.0. The van der Waals surface area contributed by atoms with Crippen LogP contribution in [0.2, 0.25) is 0 Å². The second-order valence-corrected chi connectivity index (χ2v) is 7.12. The maximum Gasteiger partial charge on any atom is 0.226 e. The molecule has 1 heterocycles. The zero-order valence-electron chi connectivity index (χ0n) is 13.2. The van der Waals surface area contributed by atoms with Gasteiger partial charge in [0.2, 0.25) is 5.91 Å². The lowest BCUT2D eigenvalue weighted by Crippen LogP contribution is -2.41. The number of thiazole rings is 1. The number of benzene rings is 1. The third kappa shape index (κ3) is 4.16. The van der Waals surface area contributed by atoms with Gasteiger partial charge < -0.3 is 5.32 Å². The van der Waals surface area contributed by atoms with Gasteiger partial charge in [0.05, 0.1) is 12.1 Å². The van der Waals surface area contributed by atoms with Crippen molar-refractivity contribution in [3.05, 3.63) is 41.2 Å². The van der Waals surface area contributed by atoms with Gasteiger partial charge in [-0.05, 0) is 43.0 Å². The van der Waals surface area contributed by atoms with E-state index in [-0.39, 0.29) is 11.7 Å². The van der Waals surface area contributed by atoms with E-state index >= 15 is 0 Å². The number of carbonyl (C=O) groups excluding carboxylic acids is 1. The average molecular weight is 332 g/mol. The largest absolute Gasteiger partial charge is 0.353 e. The van der Waals surface area contributed by atoms with Crippen LogP contribution < -0.4 is 5.32 Å². The Kier molecular flexibility index (Phi) is 5.06. The predicted octanol–water partition coefficient (Wildman–Crippen LogP) is 4.19. The van der Waals surface area contributed by atoms with Crippen LogP contribution in [0, 0.1) is 11.7 Å². The number of rotatable bonds is 4. The van der Waals surface area contributed by atoms with E-state index in [1.165, 1.54) is 42.7 Å². The van der Waals surface area contributed by atoms with Crippen LogP contribution in [0.1, 0.15) is 38.3 Å². The summed E-state index contributed by atoms with van der Waals surface area (Å²) in [5.41, 5.74) is 1.65. The molecule has 0 bridgehead atoms. The Bertz CT molecular complexity index is 668. The van der Waals surface area contributed by atoms with Gasteiger partial charge in [0.1, 0.15) is 10.8 Å². The van der Waals surface area contributed by atoms with Crippen LogP contribution in [0.5, 0.6) is 0 Å². The van der Waals surface area contributed by atoms with Crippen molar-refractivity contribution >= 4 is 17.2 Å². The van der Waals surface area contributed by atoms with Gasteiger partial charge in [-0.15, -0.1) is 11.3 Å². The van der Waals surface area contributed by atoms with Crippen molar-refractivity contribution in [3.63, 3.8) is 0 Å². The summed E-state index contributed by atoms with van der Waals surface area (Å²) in [5.74, 6) is 0.337. The first-order valence-electron chi connectivity index (χ1n) is 8.11. The summed E-state index contributed by atoms with van der Waals surface area (Å²) in [6, 6.07) is 6.57. The van der Waals surface area contributed by atoms with Gasteiger partial charge in [0, 0.05) is 17.0 Å². The van der Waals surface area contributed by atoms with E-state index in [2.05, 4.69) is 17.2 Å². The molecule has 1 saturated carbocycles. The molecular weight excluding hydrogens is 311 g/mol. The van der Waals surface area contributed by atoms with Crippen molar-refractivity contribution in [1.29, 1.82) is 0 Å². The van der Waals surface area contributed by atoms with Crippen molar-refractivity contribution in [2.24, 2.45) is 5.92 Å². The Balaban J connectivity index is 1.60. The minimum atomic E-state index is -0.258. The van der Waals surface area contributed by atoms with Crippen molar-refractivity contribution in [2.45, 2.75) is 45.1 Å². The number of aromatic nitrogens is 1. The van der Waals surface area contributed by atoms with Crippen molar-refractivity contribution in [3.8, 4) is 10.6 Å². The van der Waals surface area contributed by atoms with E-state index in [1.807, 2.05) is 5.38 Å². The van der Waals surface area contributed by atoms with E-state index in [1.54, 1.807) is 12.1 Å². The number of halogens is 1. The van der Waals surface area contributed by atoms with E-state index < -0.39 is 0 Å². The molecule has 1 aliphatic rings. The third-order valence-corrected chi connectivity index (χ3v) is 5.38. The lowest BCUT2D eigenvalue weighted by molar-refractivity contribution is -0.121. The predicted molar refractivity (Wildman–Crippen MR) is 90.8 cm³/mol. The highest BCUT2D eigenvalue weighted by molar-refractivity contribution is 7.13. The molecule has 1 aromatic carbocycles. The number of nitrogens with zero attached hydrogens (tertiary/aromatic N) is 1. The first-order valence-corrected chi connectivity index (χ1v) is 8.99. The molecule has 1 N–H and O–H groups in total. The van der Waals surface area contributed by atoms with Gasteiger partial charge in [-0.25, -0.2) is 9.37 Å². The van der Waals surface area contributed by atoms with Crippen LogP contribution in [-0.2, 0) is 11.2 Å². The van der Waals surface area contributed by atoms with Gasteiger partial charge in [0.25, 0.3) is 0 Å². The molecular formula is C18H21FN2OS. The van der Waals surface area contributed by atoms with Gasteiger partial charge in [0.15, 0.2) is 0 Å². The van der Waals surface area contributed by atoms with Crippen molar-refractivity contribution in [2.75, 3.05) is 0 Å². The molecule has 1 aromatic heterocycles. The van der Waals surface area contributed by atoms with E-state index in [0.29, 0.717) is 18.4 Å². The molecule has 1 amide bonds. The lowest BCUT2D eigenvalue weighted by Gasteiger charge is -2.29. The quantitative estimate of drug-likeness (QED) is 0.912. The SMILES string of the molecule is CC1CCCCC1NC(=O)Cc1csc(-c2ccc(F)cc2)n1. The normalized spacial score (nSPS) is 21.1. The fraction of sp³-hybridized carbons (Fsp3) is 0.444. The molecule has 0 aliphatic heterocycles. The summed E-state index contributed by atoms with van der Waals surface area (Å²) in [5, 5.41) is 5.87. The Morgan fingerprint density at radius 1 is 1.30 bits per heavy atom. The summed E-state index contributed by atoms with van der Waals surface area (Å²) in [6.45, 7) is 2.21. The standard InChI is InChI=1S/C18H21FN2OS/c1-12-4-2-3-5-16(12)21-17(22)10-15-11-23-18(20-15)13-6-8-14(19)9-7-13/h6-9,11-12,16H,2-5,10H2,1H3,(H,21,22). The van der Waals surface area contributed by atoms with E-state index in [4.69, 9.17) is 0 Å². The smallest absolute Gasteiger partial charge is 0.226 e.